The number of amides is 1. The van der Waals surface area contributed by atoms with Crippen LogP contribution in [0.5, 0.6) is 0 Å². The van der Waals surface area contributed by atoms with Gasteiger partial charge in [0, 0.05) is 38.1 Å². The number of fused-ring (bicyclic) bond motifs is 1. The number of hydrogen-bond acceptors (Lipinski definition) is 3. The summed E-state index contributed by atoms with van der Waals surface area (Å²) in [5.74, 6) is 0.0527. The van der Waals surface area contributed by atoms with Crippen LogP contribution < -0.4 is 4.90 Å². The average molecular weight is 320 g/mol. The van der Waals surface area contributed by atoms with Gasteiger partial charge in [0.15, 0.2) is 0 Å². The number of aromatic nitrogens is 2. The van der Waals surface area contributed by atoms with Gasteiger partial charge in [-0.15, -0.1) is 0 Å². The molecule has 3 heterocycles. The van der Waals surface area contributed by atoms with Crippen LogP contribution in [0.3, 0.4) is 0 Å². The predicted octanol–water partition coefficient (Wildman–Crippen LogP) is 2.83. The predicted molar refractivity (Wildman–Crippen MR) is 95.4 cm³/mol. The minimum absolute atomic E-state index is 0.0527. The van der Waals surface area contributed by atoms with E-state index in [0.717, 1.165) is 37.2 Å². The Balaban J connectivity index is 1.46. The SMILES string of the molecule is Cc1cccc(N2CCN(C(=O)c3cc4ncccc4[nH]3)CC2)c1. The number of nitrogens with one attached hydrogen (secondary N) is 1. The molecule has 5 heteroatoms. The van der Waals surface area contributed by atoms with Crippen LogP contribution in [0.25, 0.3) is 11.0 Å². The molecule has 1 amide bonds. The summed E-state index contributed by atoms with van der Waals surface area (Å²) in [7, 11) is 0. The van der Waals surface area contributed by atoms with E-state index in [1.165, 1.54) is 11.3 Å². The molecule has 1 aromatic carbocycles. The van der Waals surface area contributed by atoms with Gasteiger partial charge in [-0.2, -0.15) is 0 Å². The van der Waals surface area contributed by atoms with E-state index < -0.39 is 0 Å². The third kappa shape index (κ3) is 2.73. The molecule has 1 N–H and O–H groups in total. The summed E-state index contributed by atoms with van der Waals surface area (Å²) in [6.07, 6.45) is 1.74. The molecule has 3 aromatic rings. The second-order valence-electron chi connectivity index (χ2n) is 6.24. The fourth-order valence-corrected chi connectivity index (χ4v) is 3.23. The number of rotatable bonds is 2. The lowest BCUT2D eigenvalue weighted by Gasteiger charge is -2.36. The van der Waals surface area contributed by atoms with Gasteiger partial charge >= 0.3 is 0 Å². The van der Waals surface area contributed by atoms with E-state index >= 15 is 0 Å². The van der Waals surface area contributed by atoms with Crippen LogP contribution >= 0.6 is 0 Å². The summed E-state index contributed by atoms with van der Waals surface area (Å²) >= 11 is 0. The Hall–Kier alpha value is -2.82. The van der Waals surface area contributed by atoms with Gasteiger partial charge < -0.3 is 14.8 Å². The van der Waals surface area contributed by atoms with Crippen molar-refractivity contribution in [2.45, 2.75) is 6.92 Å². The second-order valence-corrected chi connectivity index (χ2v) is 6.24. The van der Waals surface area contributed by atoms with Crippen LogP contribution in [0.2, 0.25) is 0 Å². The summed E-state index contributed by atoms with van der Waals surface area (Å²) in [4.78, 5) is 24.4. The molecule has 5 nitrogen and oxygen atoms in total. The maximum absolute atomic E-state index is 12.7. The van der Waals surface area contributed by atoms with Crippen LogP contribution in [0.15, 0.2) is 48.7 Å². The Morgan fingerprint density at radius 2 is 1.92 bits per heavy atom. The Morgan fingerprint density at radius 1 is 1.08 bits per heavy atom. The van der Waals surface area contributed by atoms with Crippen molar-refractivity contribution in [1.82, 2.24) is 14.9 Å². The Morgan fingerprint density at radius 3 is 2.67 bits per heavy atom. The van der Waals surface area contributed by atoms with Crippen molar-refractivity contribution in [1.29, 1.82) is 0 Å². The molecule has 1 saturated heterocycles. The van der Waals surface area contributed by atoms with Crippen LogP contribution in [-0.4, -0.2) is 47.0 Å². The van der Waals surface area contributed by atoms with Gasteiger partial charge in [0.05, 0.1) is 11.0 Å². The topological polar surface area (TPSA) is 52.2 Å². The highest BCUT2D eigenvalue weighted by Crippen LogP contribution is 2.19. The van der Waals surface area contributed by atoms with Gasteiger partial charge in [-0.25, -0.2) is 0 Å². The number of aryl methyl sites for hydroxylation is 1. The molecule has 4 rings (SSSR count). The largest absolute Gasteiger partial charge is 0.368 e. The van der Waals surface area contributed by atoms with E-state index in [2.05, 4.69) is 46.1 Å². The van der Waals surface area contributed by atoms with E-state index in [0.29, 0.717) is 5.69 Å². The molecule has 1 aliphatic heterocycles. The van der Waals surface area contributed by atoms with E-state index in [9.17, 15) is 4.79 Å². The Kier molecular flexibility index (Phi) is 3.69. The molecule has 0 bridgehead atoms. The molecule has 0 saturated carbocycles. The number of pyridine rings is 1. The van der Waals surface area contributed by atoms with Crippen molar-refractivity contribution in [2.75, 3.05) is 31.1 Å². The Labute approximate surface area is 140 Å². The first-order chi connectivity index (χ1) is 11.7. The van der Waals surface area contributed by atoms with Crippen molar-refractivity contribution >= 4 is 22.6 Å². The highest BCUT2D eigenvalue weighted by molar-refractivity contribution is 5.97. The number of anilines is 1. The summed E-state index contributed by atoms with van der Waals surface area (Å²) in [6, 6.07) is 14.2. The molecule has 0 unspecified atom stereocenters. The van der Waals surface area contributed by atoms with Crippen LogP contribution in [0, 0.1) is 6.92 Å². The average Bonchev–Trinajstić information content (AvgIpc) is 3.05. The number of piperazine rings is 1. The maximum atomic E-state index is 12.7. The number of carbonyl (C=O) groups is 1. The molecule has 0 aliphatic carbocycles. The molecule has 24 heavy (non-hydrogen) atoms. The van der Waals surface area contributed by atoms with E-state index in [-0.39, 0.29) is 5.91 Å². The normalized spacial score (nSPS) is 15.0. The van der Waals surface area contributed by atoms with Gasteiger partial charge in [0.1, 0.15) is 5.69 Å². The minimum Gasteiger partial charge on any atom is -0.368 e. The van der Waals surface area contributed by atoms with Gasteiger partial charge in [-0.1, -0.05) is 12.1 Å². The lowest BCUT2D eigenvalue weighted by atomic mass is 10.2. The minimum atomic E-state index is 0.0527. The zero-order valence-electron chi connectivity index (χ0n) is 13.7. The number of nitrogens with zero attached hydrogens (tertiary/aromatic N) is 3. The first-order valence-corrected chi connectivity index (χ1v) is 8.25. The smallest absolute Gasteiger partial charge is 0.270 e. The quantitative estimate of drug-likeness (QED) is 0.790. The van der Waals surface area contributed by atoms with Crippen molar-refractivity contribution in [3.05, 3.63) is 59.9 Å². The zero-order chi connectivity index (χ0) is 16.5. The van der Waals surface area contributed by atoms with Crippen LogP contribution in [0.1, 0.15) is 16.1 Å². The highest BCUT2D eigenvalue weighted by Gasteiger charge is 2.23. The number of benzene rings is 1. The molecule has 0 radical (unpaired) electrons. The molecule has 0 atom stereocenters. The molecule has 0 spiro atoms. The van der Waals surface area contributed by atoms with Crippen molar-refractivity contribution in [2.24, 2.45) is 0 Å². The van der Waals surface area contributed by atoms with E-state index in [4.69, 9.17) is 0 Å². The molecular formula is C19H20N4O. The summed E-state index contributed by atoms with van der Waals surface area (Å²) in [5, 5.41) is 0. The first-order valence-electron chi connectivity index (χ1n) is 8.25. The van der Waals surface area contributed by atoms with Crippen molar-refractivity contribution in [3.63, 3.8) is 0 Å². The number of aromatic amines is 1. The fraction of sp³-hybridized carbons (Fsp3) is 0.263. The maximum Gasteiger partial charge on any atom is 0.270 e. The molecular weight excluding hydrogens is 300 g/mol. The fourth-order valence-electron chi connectivity index (χ4n) is 3.23. The highest BCUT2D eigenvalue weighted by atomic mass is 16.2. The van der Waals surface area contributed by atoms with Crippen LogP contribution in [0.4, 0.5) is 5.69 Å². The standard InChI is InChI=1S/C19H20N4O/c1-14-4-2-5-15(12-14)22-8-10-23(11-9-22)19(24)18-13-17-16(21-18)6-3-7-20-17/h2-7,12-13,21H,8-11H2,1H3. The van der Waals surface area contributed by atoms with Gasteiger partial charge in [0.2, 0.25) is 0 Å². The zero-order valence-corrected chi connectivity index (χ0v) is 13.7. The first kappa shape index (κ1) is 14.8. The lowest BCUT2D eigenvalue weighted by molar-refractivity contribution is 0.0742. The second kappa shape index (κ2) is 6.00. The van der Waals surface area contributed by atoms with Crippen molar-refractivity contribution in [3.8, 4) is 0 Å². The summed E-state index contributed by atoms with van der Waals surface area (Å²) < 4.78 is 0. The molecule has 122 valence electrons. The van der Waals surface area contributed by atoms with Crippen LogP contribution in [-0.2, 0) is 0 Å². The third-order valence-electron chi connectivity index (χ3n) is 4.55. The number of carbonyl (C=O) groups excluding carboxylic acids is 1. The monoisotopic (exact) mass is 320 g/mol. The molecule has 1 fully saturated rings. The number of hydrogen-bond donors (Lipinski definition) is 1. The Bertz CT molecular complexity index is 845. The van der Waals surface area contributed by atoms with E-state index in [1.54, 1.807) is 6.20 Å². The van der Waals surface area contributed by atoms with Gasteiger partial charge in [-0.3, -0.25) is 9.78 Å². The van der Waals surface area contributed by atoms with E-state index in [1.807, 2.05) is 23.1 Å². The van der Waals surface area contributed by atoms with Gasteiger partial charge in [0.25, 0.3) is 5.91 Å². The molecule has 1 aliphatic rings. The molecule has 2 aromatic heterocycles. The third-order valence-corrected chi connectivity index (χ3v) is 4.55. The summed E-state index contributed by atoms with van der Waals surface area (Å²) in [6.45, 7) is 5.28. The van der Waals surface area contributed by atoms with Crippen molar-refractivity contribution < 1.29 is 4.79 Å². The lowest BCUT2D eigenvalue weighted by Crippen LogP contribution is -2.48. The summed E-state index contributed by atoms with van der Waals surface area (Å²) in [5.41, 5.74) is 4.85. The van der Waals surface area contributed by atoms with Gasteiger partial charge in [-0.05, 0) is 42.8 Å². The number of H-pyrrole nitrogens is 1.